The van der Waals surface area contributed by atoms with Crippen LogP contribution < -0.4 is 0 Å². The van der Waals surface area contributed by atoms with Crippen molar-refractivity contribution < 1.29 is 0 Å². The summed E-state index contributed by atoms with van der Waals surface area (Å²) in [6.45, 7) is 4.29. The summed E-state index contributed by atoms with van der Waals surface area (Å²) in [6.07, 6.45) is 5.93. The number of hydrogen-bond acceptors (Lipinski definition) is 2. The molecule has 0 spiro atoms. The second kappa shape index (κ2) is 4.26. The van der Waals surface area contributed by atoms with E-state index in [1.165, 1.54) is 0 Å². The average molecular weight is 237 g/mol. The minimum Gasteiger partial charge on any atom is -0.306 e. The molecule has 0 unspecified atom stereocenters. The van der Waals surface area contributed by atoms with Crippen LogP contribution in [0.4, 0.5) is 0 Å². The molecule has 3 rings (SSSR count). The Kier molecular flexibility index (Phi) is 2.59. The lowest BCUT2D eigenvalue weighted by Crippen LogP contribution is -1.91. The lowest BCUT2D eigenvalue weighted by atomic mass is 10.1. The molecule has 0 atom stereocenters. The number of pyridine rings is 2. The molecule has 0 saturated carbocycles. The SMILES string of the molecule is CC(C)c1ccc(-c2cn3ccccc3n2)cn1. The third kappa shape index (κ3) is 1.88. The van der Waals surface area contributed by atoms with Gasteiger partial charge in [0.05, 0.1) is 5.69 Å². The molecule has 0 amide bonds. The van der Waals surface area contributed by atoms with Crippen LogP contribution in [0.15, 0.2) is 48.9 Å². The lowest BCUT2D eigenvalue weighted by Gasteiger charge is -2.03. The van der Waals surface area contributed by atoms with Crippen LogP contribution in [-0.2, 0) is 0 Å². The van der Waals surface area contributed by atoms with E-state index in [9.17, 15) is 0 Å². The standard InChI is InChI=1S/C15H15N3/c1-11(2)13-7-6-12(9-16-13)14-10-18-8-4-3-5-15(18)17-14/h3-11H,1-2H3. The van der Waals surface area contributed by atoms with Gasteiger partial charge in [0.25, 0.3) is 0 Å². The quantitative estimate of drug-likeness (QED) is 0.682. The zero-order valence-corrected chi connectivity index (χ0v) is 10.5. The summed E-state index contributed by atoms with van der Waals surface area (Å²) >= 11 is 0. The van der Waals surface area contributed by atoms with Gasteiger partial charge in [-0.25, -0.2) is 4.98 Å². The Hall–Kier alpha value is -2.16. The molecule has 0 N–H and O–H groups in total. The Labute approximate surface area is 106 Å². The molecule has 3 heteroatoms. The minimum absolute atomic E-state index is 0.458. The van der Waals surface area contributed by atoms with Gasteiger partial charge < -0.3 is 4.40 Å². The molecule has 0 radical (unpaired) electrons. The zero-order valence-electron chi connectivity index (χ0n) is 10.5. The minimum atomic E-state index is 0.458. The number of nitrogens with zero attached hydrogens (tertiary/aromatic N) is 3. The number of fused-ring (bicyclic) bond motifs is 1. The monoisotopic (exact) mass is 237 g/mol. The summed E-state index contributed by atoms with van der Waals surface area (Å²) in [4.78, 5) is 9.06. The van der Waals surface area contributed by atoms with Gasteiger partial charge >= 0.3 is 0 Å². The van der Waals surface area contributed by atoms with E-state index in [0.29, 0.717) is 5.92 Å². The van der Waals surface area contributed by atoms with Gasteiger partial charge in [0.15, 0.2) is 0 Å². The summed E-state index contributed by atoms with van der Waals surface area (Å²) in [5, 5.41) is 0. The molecule has 0 aromatic carbocycles. The van der Waals surface area contributed by atoms with Crippen molar-refractivity contribution in [2.75, 3.05) is 0 Å². The Morgan fingerprint density at radius 2 is 2.00 bits per heavy atom. The van der Waals surface area contributed by atoms with Crippen molar-refractivity contribution in [1.29, 1.82) is 0 Å². The molecule has 0 aliphatic heterocycles. The molecule has 0 aliphatic carbocycles. The second-order valence-corrected chi connectivity index (χ2v) is 4.72. The molecule has 0 bridgehead atoms. The maximum atomic E-state index is 4.58. The van der Waals surface area contributed by atoms with E-state index in [-0.39, 0.29) is 0 Å². The van der Waals surface area contributed by atoms with E-state index < -0.39 is 0 Å². The predicted octanol–water partition coefficient (Wildman–Crippen LogP) is 3.52. The van der Waals surface area contributed by atoms with E-state index >= 15 is 0 Å². The topological polar surface area (TPSA) is 30.2 Å². The van der Waals surface area contributed by atoms with Crippen LogP contribution >= 0.6 is 0 Å². The van der Waals surface area contributed by atoms with E-state index in [2.05, 4.69) is 35.9 Å². The molecule has 0 aliphatic rings. The van der Waals surface area contributed by atoms with Crippen LogP contribution in [0.2, 0.25) is 0 Å². The van der Waals surface area contributed by atoms with Crippen molar-refractivity contribution in [2.45, 2.75) is 19.8 Å². The Morgan fingerprint density at radius 3 is 2.67 bits per heavy atom. The predicted molar refractivity (Wildman–Crippen MR) is 72.5 cm³/mol. The summed E-state index contributed by atoms with van der Waals surface area (Å²) in [5.41, 5.74) is 4.09. The van der Waals surface area contributed by atoms with E-state index in [0.717, 1.165) is 22.6 Å². The smallest absolute Gasteiger partial charge is 0.137 e. The fourth-order valence-corrected chi connectivity index (χ4v) is 1.97. The van der Waals surface area contributed by atoms with Gasteiger partial charge in [-0.05, 0) is 30.2 Å². The van der Waals surface area contributed by atoms with Crippen molar-refractivity contribution in [3.63, 3.8) is 0 Å². The van der Waals surface area contributed by atoms with Crippen LogP contribution in [0, 0.1) is 0 Å². The summed E-state index contributed by atoms with van der Waals surface area (Å²) in [6, 6.07) is 10.2. The van der Waals surface area contributed by atoms with Crippen molar-refractivity contribution in [2.24, 2.45) is 0 Å². The fraction of sp³-hybridized carbons (Fsp3) is 0.200. The highest BCUT2D eigenvalue weighted by Crippen LogP contribution is 2.20. The van der Waals surface area contributed by atoms with Crippen molar-refractivity contribution >= 4 is 5.65 Å². The third-order valence-corrected chi connectivity index (χ3v) is 3.04. The first-order chi connectivity index (χ1) is 8.74. The Bertz CT molecular complexity index is 633. The number of imidazole rings is 1. The molecule has 3 nitrogen and oxygen atoms in total. The van der Waals surface area contributed by atoms with Crippen LogP contribution in [0.5, 0.6) is 0 Å². The van der Waals surface area contributed by atoms with E-state index in [4.69, 9.17) is 0 Å². The molecule has 3 aromatic rings. The first-order valence-corrected chi connectivity index (χ1v) is 6.14. The van der Waals surface area contributed by atoms with Gasteiger partial charge in [0.1, 0.15) is 5.65 Å². The molecule has 0 saturated heterocycles. The molecule has 90 valence electrons. The van der Waals surface area contributed by atoms with Gasteiger partial charge in [-0.1, -0.05) is 19.9 Å². The number of rotatable bonds is 2. The summed E-state index contributed by atoms with van der Waals surface area (Å²) in [5.74, 6) is 0.458. The third-order valence-electron chi connectivity index (χ3n) is 3.04. The Morgan fingerprint density at radius 1 is 1.11 bits per heavy atom. The van der Waals surface area contributed by atoms with Gasteiger partial charge in [0, 0.05) is 29.8 Å². The highest BCUT2D eigenvalue weighted by molar-refractivity contribution is 5.61. The summed E-state index contributed by atoms with van der Waals surface area (Å²) < 4.78 is 2.02. The van der Waals surface area contributed by atoms with Crippen molar-refractivity contribution in [3.05, 3.63) is 54.6 Å². The normalized spacial score (nSPS) is 11.3. The van der Waals surface area contributed by atoms with E-state index in [1.54, 1.807) is 0 Å². The van der Waals surface area contributed by atoms with Crippen LogP contribution in [0.3, 0.4) is 0 Å². The number of aromatic nitrogens is 3. The zero-order chi connectivity index (χ0) is 12.5. The average Bonchev–Trinajstić information content (AvgIpc) is 2.82. The molecule has 3 heterocycles. The van der Waals surface area contributed by atoms with Gasteiger partial charge in [-0.2, -0.15) is 0 Å². The van der Waals surface area contributed by atoms with Gasteiger partial charge in [-0.15, -0.1) is 0 Å². The maximum absolute atomic E-state index is 4.58. The largest absolute Gasteiger partial charge is 0.306 e. The molecule has 0 fully saturated rings. The molecular formula is C15H15N3. The second-order valence-electron chi connectivity index (χ2n) is 4.72. The molecular weight excluding hydrogens is 222 g/mol. The van der Waals surface area contributed by atoms with Crippen LogP contribution in [0.1, 0.15) is 25.5 Å². The first-order valence-electron chi connectivity index (χ1n) is 6.14. The van der Waals surface area contributed by atoms with Crippen molar-refractivity contribution in [1.82, 2.24) is 14.4 Å². The van der Waals surface area contributed by atoms with Gasteiger partial charge in [-0.3, -0.25) is 4.98 Å². The summed E-state index contributed by atoms with van der Waals surface area (Å²) in [7, 11) is 0. The Balaban J connectivity index is 2.03. The highest BCUT2D eigenvalue weighted by atomic mass is 15.0. The molecule has 18 heavy (non-hydrogen) atoms. The molecule has 3 aromatic heterocycles. The highest BCUT2D eigenvalue weighted by Gasteiger charge is 2.05. The van der Waals surface area contributed by atoms with Gasteiger partial charge in [0.2, 0.25) is 0 Å². The number of hydrogen-bond donors (Lipinski definition) is 0. The maximum Gasteiger partial charge on any atom is 0.137 e. The fourth-order valence-electron chi connectivity index (χ4n) is 1.97. The van der Waals surface area contributed by atoms with Crippen LogP contribution in [-0.4, -0.2) is 14.4 Å². The van der Waals surface area contributed by atoms with Crippen molar-refractivity contribution in [3.8, 4) is 11.3 Å². The first kappa shape index (κ1) is 11.0. The van der Waals surface area contributed by atoms with E-state index in [1.807, 2.05) is 41.2 Å². The lowest BCUT2D eigenvalue weighted by molar-refractivity contribution is 0.823. The van der Waals surface area contributed by atoms with Crippen LogP contribution in [0.25, 0.3) is 16.9 Å².